The van der Waals surface area contributed by atoms with Gasteiger partial charge in [0.15, 0.2) is 6.29 Å². The highest BCUT2D eigenvalue weighted by atomic mass is 19.1. The van der Waals surface area contributed by atoms with Crippen LogP contribution in [0.4, 0.5) is 4.39 Å². The van der Waals surface area contributed by atoms with Crippen LogP contribution in [0.25, 0.3) is 0 Å². The molecule has 0 amide bonds. The fourth-order valence-corrected chi connectivity index (χ4v) is 2.05. The van der Waals surface area contributed by atoms with E-state index >= 15 is 0 Å². The van der Waals surface area contributed by atoms with Gasteiger partial charge >= 0.3 is 0 Å². The van der Waals surface area contributed by atoms with E-state index in [0.717, 1.165) is 11.8 Å². The fourth-order valence-electron chi connectivity index (χ4n) is 2.05. The minimum absolute atomic E-state index is 0.0775. The molecule has 0 aliphatic heterocycles. The van der Waals surface area contributed by atoms with Crippen LogP contribution in [0.3, 0.4) is 0 Å². The SMILES string of the molecule is CCOC(CC(C=O)C(C)c1cccc(F)c1)OC. The second kappa shape index (κ2) is 8.02. The molecule has 0 saturated heterocycles. The Hall–Kier alpha value is -1.26. The molecule has 1 rings (SSSR count). The van der Waals surface area contributed by atoms with Crippen LogP contribution in [0.5, 0.6) is 0 Å². The van der Waals surface area contributed by atoms with Gasteiger partial charge < -0.3 is 14.3 Å². The summed E-state index contributed by atoms with van der Waals surface area (Å²) in [6.45, 7) is 4.31. The Balaban J connectivity index is 2.76. The Morgan fingerprint density at radius 3 is 2.68 bits per heavy atom. The molecule has 4 heteroatoms. The number of ether oxygens (including phenoxy) is 2. The minimum Gasteiger partial charge on any atom is -0.356 e. The van der Waals surface area contributed by atoms with Crippen molar-refractivity contribution in [1.29, 1.82) is 0 Å². The van der Waals surface area contributed by atoms with Crippen molar-refractivity contribution in [1.82, 2.24) is 0 Å². The van der Waals surface area contributed by atoms with Crippen LogP contribution < -0.4 is 0 Å². The van der Waals surface area contributed by atoms with E-state index < -0.39 is 6.29 Å². The molecule has 0 aliphatic carbocycles. The van der Waals surface area contributed by atoms with Crippen molar-refractivity contribution in [2.75, 3.05) is 13.7 Å². The predicted octanol–water partition coefficient (Wildman–Crippen LogP) is 3.14. The molecule has 0 N–H and O–H groups in total. The van der Waals surface area contributed by atoms with E-state index in [4.69, 9.17) is 9.47 Å². The van der Waals surface area contributed by atoms with Crippen LogP contribution >= 0.6 is 0 Å². The Labute approximate surface area is 113 Å². The van der Waals surface area contributed by atoms with Crippen LogP contribution in [0.2, 0.25) is 0 Å². The molecule has 106 valence electrons. The highest BCUT2D eigenvalue weighted by Gasteiger charge is 2.23. The third-order valence-electron chi connectivity index (χ3n) is 3.27. The normalized spacial score (nSPS) is 15.8. The van der Waals surface area contributed by atoms with Crippen LogP contribution in [-0.4, -0.2) is 26.3 Å². The molecule has 1 aromatic carbocycles. The van der Waals surface area contributed by atoms with Gasteiger partial charge in [0, 0.05) is 26.1 Å². The first-order chi connectivity index (χ1) is 9.12. The van der Waals surface area contributed by atoms with Gasteiger partial charge in [0.05, 0.1) is 0 Å². The van der Waals surface area contributed by atoms with Crippen molar-refractivity contribution in [2.45, 2.75) is 32.5 Å². The number of hydrogen-bond donors (Lipinski definition) is 0. The molecule has 0 bridgehead atoms. The zero-order valence-electron chi connectivity index (χ0n) is 11.6. The molecule has 0 spiro atoms. The number of carbonyl (C=O) groups excluding carboxylic acids is 1. The number of aldehydes is 1. The van der Waals surface area contributed by atoms with Crippen molar-refractivity contribution >= 4 is 6.29 Å². The second-order valence-corrected chi connectivity index (χ2v) is 4.50. The number of benzene rings is 1. The van der Waals surface area contributed by atoms with Gasteiger partial charge in [-0.2, -0.15) is 0 Å². The van der Waals surface area contributed by atoms with Gasteiger partial charge in [0.1, 0.15) is 12.1 Å². The molecular formula is C15H21FO3. The topological polar surface area (TPSA) is 35.5 Å². The van der Waals surface area contributed by atoms with Crippen LogP contribution in [0, 0.1) is 11.7 Å². The van der Waals surface area contributed by atoms with Gasteiger partial charge in [-0.3, -0.25) is 0 Å². The average molecular weight is 268 g/mol. The fraction of sp³-hybridized carbons (Fsp3) is 0.533. The predicted molar refractivity (Wildman–Crippen MR) is 71.4 cm³/mol. The first kappa shape index (κ1) is 15.8. The third kappa shape index (κ3) is 4.73. The lowest BCUT2D eigenvalue weighted by Gasteiger charge is -2.23. The smallest absolute Gasteiger partial charge is 0.157 e. The molecule has 3 nitrogen and oxygen atoms in total. The lowest BCUT2D eigenvalue weighted by atomic mass is 9.86. The van der Waals surface area contributed by atoms with Gasteiger partial charge in [-0.15, -0.1) is 0 Å². The van der Waals surface area contributed by atoms with Crippen LogP contribution in [-0.2, 0) is 14.3 Å². The second-order valence-electron chi connectivity index (χ2n) is 4.50. The molecule has 0 aliphatic rings. The molecule has 19 heavy (non-hydrogen) atoms. The molecule has 0 fully saturated rings. The van der Waals surface area contributed by atoms with Crippen molar-refractivity contribution in [2.24, 2.45) is 5.92 Å². The minimum atomic E-state index is -0.406. The monoisotopic (exact) mass is 268 g/mol. The van der Waals surface area contributed by atoms with Gasteiger partial charge in [0.25, 0.3) is 0 Å². The number of rotatable bonds is 8. The molecule has 0 aromatic heterocycles. The standard InChI is InChI=1S/C15H21FO3/c1-4-19-15(18-3)9-13(10-17)11(2)12-6-5-7-14(16)8-12/h5-8,10-11,13,15H,4,9H2,1-3H3. The Bertz CT molecular complexity index is 395. The maximum Gasteiger partial charge on any atom is 0.157 e. The number of halogens is 1. The summed E-state index contributed by atoms with van der Waals surface area (Å²) >= 11 is 0. The van der Waals surface area contributed by atoms with Crippen LogP contribution in [0.15, 0.2) is 24.3 Å². The van der Waals surface area contributed by atoms with Gasteiger partial charge in [-0.1, -0.05) is 19.1 Å². The number of carbonyl (C=O) groups is 1. The van der Waals surface area contributed by atoms with E-state index in [1.807, 2.05) is 19.9 Å². The number of hydrogen-bond acceptors (Lipinski definition) is 3. The Morgan fingerprint density at radius 1 is 1.42 bits per heavy atom. The van der Waals surface area contributed by atoms with E-state index in [2.05, 4.69) is 0 Å². The van der Waals surface area contributed by atoms with E-state index in [1.54, 1.807) is 13.2 Å². The lowest BCUT2D eigenvalue weighted by molar-refractivity contribution is -0.137. The molecule has 0 radical (unpaired) electrons. The highest BCUT2D eigenvalue weighted by molar-refractivity contribution is 5.55. The highest BCUT2D eigenvalue weighted by Crippen LogP contribution is 2.27. The summed E-state index contributed by atoms with van der Waals surface area (Å²) in [5.74, 6) is -0.633. The first-order valence-corrected chi connectivity index (χ1v) is 6.47. The summed E-state index contributed by atoms with van der Waals surface area (Å²) in [7, 11) is 1.55. The third-order valence-corrected chi connectivity index (χ3v) is 3.27. The summed E-state index contributed by atoms with van der Waals surface area (Å²) in [5.41, 5.74) is 0.809. The average Bonchev–Trinajstić information content (AvgIpc) is 2.42. The largest absolute Gasteiger partial charge is 0.356 e. The van der Waals surface area contributed by atoms with Gasteiger partial charge in [-0.05, 0) is 30.5 Å². The van der Waals surface area contributed by atoms with E-state index in [0.29, 0.717) is 13.0 Å². The summed E-state index contributed by atoms with van der Waals surface area (Å²) in [6, 6.07) is 6.33. The lowest BCUT2D eigenvalue weighted by Crippen LogP contribution is -2.23. The molecule has 0 heterocycles. The maximum absolute atomic E-state index is 13.2. The molecular weight excluding hydrogens is 247 g/mol. The Morgan fingerprint density at radius 2 is 2.16 bits per heavy atom. The molecule has 0 saturated carbocycles. The zero-order chi connectivity index (χ0) is 14.3. The first-order valence-electron chi connectivity index (χ1n) is 6.47. The van der Waals surface area contributed by atoms with Gasteiger partial charge in [0.2, 0.25) is 0 Å². The van der Waals surface area contributed by atoms with E-state index in [9.17, 15) is 9.18 Å². The summed E-state index contributed by atoms with van der Waals surface area (Å²) in [6.07, 6.45) is 0.947. The van der Waals surface area contributed by atoms with Crippen LogP contribution in [0.1, 0.15) is 31.7 Å². The zero-order valence-corrected chi connectivity index (χ0v) is 11.6. The summed E-state index contributed by atoms with van der Waals surface area (Å²) in [4.78, 5) is 11.3. The van der Waals surface area contributed by atoms with E-state index in [-0.39, 0.29) is 17.7 Å². The van der Waals surface area contributed by atoms with Crippen molar-refractivity contribution in [3.05, 3.63) is 35.6 Å². The van der Waals surface area contributed by atoms with Gasteiger partial charge in [-0.25, -0.2) is 4.39 Å². The van der Waals surface area contributed by atoms with Crippen molar-refractivity contribution < 1.29 is 18.7 Å². The van der Waals surface area contributed by atoms with E-state index in [1.165, 1.54) is 12.1 Å². The summed E-state index contributed by atoms with van der Waals surface area (Å²) in [5, 5.41) is 0. The summed E-state index contributed by atoms with van der Waals surface area (Å²) < 4.78 is 23.8. The van der Waals surface area contributed by atoms with Crippen molar-refractivity contribution in [3.8, 4) is 0 Å². The van der Waals surface area contributed by atoms with Crippen molar-refractivity contribution in [3.63, 3.8) is 0 Å². The Kier molecular flexibility index (Phi) is 6.67. The molecule has 1 aromatic rings. The quantitative estimate of drug-likeness (QED) is 0.536. The maximum atomic E-state index is 13.2. The number of methoxy groups -OCH3 is 1. The molecule has 3 atom stereocenters. The molecule has 3 unspecified atom stereocenters.